The molecule has 0 unspecified atom stereocenters. The number of ether oxygens (including phenoxy) is 1. The third-order valence-corrected chi connectivity index (χ3v) is 6.58. The van der Waals surface area contributed by atoms with Crippen LogP contribution in [0.1, 0.15) is 30.3 Å². The van der Waals surface area contributed by atoms with Gasteiger partial charge < -0.3 is 4.74 Å². The molecule has 28 heavy (non-hydrogen) atoms. The molecule has 1 aromatic heterocycles. The van der Waals surface area contributed by atoms with Gasteiger partial charge in [0.15, 0.2) is 0 Å². The number of nitrogens with zero attached hydrogens (tertiary/aromatic N) is 1. The fourth-order valence-electron chi connectivity index (χ4n) is 4.27. The third-order valence-electron chi connectivity index (χ3n) is 5.63. The van der Waals surface area contributed by atoms with Gasteiger partial charge in [-0.3, -0.25) is 19.7 Å². The topological polar surface area (TPSA) is 75.7 Å². The zero-order valence-electron chi connectivity index (χ0n) is 16.0. The van der Waals surface area contributed by atoms with Gasteiger partial charge in [0.05, 0.1) is 30.2 Å². The SMILES string of the molecule is CCOC(=O)[C@]1(C)N[C@@H](c2cccs2)[C@H]2C(=O)N(c3ccc(C)cc3)C(=O)[C@H]21. The molecule has 2 aliphatic heterocycles. The summed E-state index contributed by atoms with van der Waals surface area (Å²) in [6, 6.07) is 10.7. The first-order valence-electron chi connectivity index (χ1n) is 9.31. The highest BCUT2D eigenvalue weighted by Crippen LogP contribution is 2.50. The molecule has 0 aliphatic carbocycles. The van der Waals surface area contributed by atoms with Crippen molar-refractivity contribution in [3.8, 4) is 0 Å². The predicted octanol–water partition coefficient (Wildman–Crippen LogP) is 2.83. The molecule has 7 heteroatoms. The number of imide groups is 1. The van der Waals surface area contributed by atoms with E-state index in [0.29, 0.717) is 5.69 Å². The maximum Gasteiger partial charge on any atom is 0.326 e. The minimum absolute atomic E-state index is 0.209. The van der Waals surface area contributed by atoms with Crippen molar-refractivity contribution in [3.05, 3.63) is 52.2 Å². The van der Waals surface area contributed by atoms with Crippen molar-refractivity contribution in [1.82, 2.24) is 5.32 Å². The Labute approximate surface area is 167 Å². The van der Waals surface area contributed by atoms with Gasteiger partial charge in [-0.1, -0.05) is 23.8 Å². The van der Waals surface area contributed by atoms with Crippen LogP contribution in [0.3, 0.4) is 0 Å². The maximum absolute atomic E-state index is 13.4. The molecule has 1 aromatic carbocycles. The van der Waals surface area contributed by atoms with Crippen molar-refractivity contribution < 1.29 is 19.1 Å². The maximum atomic E-state index is 13.4. The summed E-state index contributed by atoms with van der Waals surface area (Å²) in [6.45, 7) is 5.55. The molecule has 0 spiro atoms. The Morgan fingerprint density at radius 2 is 1.93 bits per heavy atom. The van der Waals surface area contributed by atoms with Gasteiger partial charge in [-0.25, -0.2) is 4.90 Å². The number of anilines is 1. The van der Waals surface area contributed by atoms with Crippen LogP contribution < -0.4 is 10.2 Å². The van der Waals surface area contributed by atoms with Crippen molar-refractivity contribution in [3.63, 3.8) is 0 Å². The summed E-state index contributed by atoms with van der Waals surface area (Å²) < 4.78 is 5.26. The molecule has 1 N–H and O–H groups in total. The Morgan fingerprint density at radius 1 is 1.21 bits per heavy atom. The zero-order chi connectivity index (χ0) is 20.1. The smallest absolute Gasteiger partial charge is 0.326 e. The molecule has 2 saturated heterocycles. The molecule has 6 nitrogen and oxygen atoms in total. The first-order chi connectivity index (χ1) is 13.4. The summed E-state index contributed by atoms with van der Waals surface area (Å²) in [7, 11) is 0. The van der Waals surface area contributed by atoms with Gasteiger partial charge in [0.2, 0.25) is 11.8 Å². The lowest BCUT2D eigenvalue weighted by Crippen LogP contribution is -2.54. The van der Waals surface area contributed by atoms with Crippen LogP contribution in [0.4, 0.5) is 5.69 Å². The summed E-state index contributed by atoms with van der Waals surface area (Å²) in [6.07, 6.45) is 0. The first kappa shape index (κ1) is 18.8. The minimum atomic E-state index is -1.26. The average molecular weight is 398 g/mol. The van der Waals surface area contributed by atoms with Crippen LogP contribution in [-0.2, 0) is 19.1 Å². The van der Waals surface area contributed by atoms with Crippen molar-refractivity contribution in [2.45, 2.75) is 32.4 Å². The van der Waals surface area contributed by atoms with Crippen molar-refractivity contribution in [2.24, 2.45) is 11.8 Å². The van der Waals surface area contributed by atoms with E-state index in [1.807, 2.05) is 36.6 Å². The van der Waals surface area contributed by atoms with E-state index in [-0.39, 0.29) is 18.4 Å². The monoisotopic (exact) mass is 398 g/mol. The van der Waals surface area contributed by atoms with E-state index in [4.69, 9.17) is 4.74 Å². The second-order valence-electron chi connectivity index (χ2n) is 7.41. The van der Waals surface area contributed by atoms with Crippen LogP contribution in [0.2, 0.25) is 0 Å². The summed E-state index contributed by atoms with van der Waals surface area (Å²) in [5, 5.41) is 5.19. The van der Waals surface area contributed by atoms with E-state index >= 15 is 0 Å². The number of carbonyl (C=O) groups is 3. The van der Waals surface area contributed by atoms with Crippen LogP contribution in [0.5, 0.6) is 0 Å². The molecule has 4 rings (SSSR count). The zero-order valence-corrected chi connectivity index (χ0v) is 16.8. The fraction of sp³-hybridized carbons (Fsp3) is 0.381. The fourth-order valence-corrected chi connectivity index (χ4v) is 5.09. The van der Waals surface area contributed by atoms with Gasteiger partial charge in [-0.15, -0.1) is 11.3 Å². The Morgan fingerprint density at radius 3 is 2.54 bits per heavy atom. The van der Waals surface area contributed by atoms with Gasteiger partial charge in [-0.05, 0) is 44.4 Å². The molecule has 3 heterocycles. The summed E-state index contributed by atoms with van der Waals surface area (Å²) in [5.41, 5.74) is 0.310. The molecule has 0 radical (unpaired) electrons. The van der Waals surface area contributed by atoms with Crippen molar-refractivity contribution in [1.29, 1.82) is 0 Å². The lowest BCUT2D eigenvalue weighted by atomic mass is 9.81. The first-order valence-corrected chi connectivity index (χ1v) is 10.2. The molecule has 2 aromatic rings. The number of fused-ring (bicyclic) bond motifs is 1. The number of amides is 2. The van der Waals surface area contributed by atoms with E-state index in [0.717, 1.165) is 10.4 Å². The molecule has 2 fully saturated rings. The van der Waals surface area contributed by atoms with Gasteiger partial charge in [-0.2, -0.15) is 0 Å². The number of hydrogen-bond acceptors (Lipinski definition) is 6. The normalized spacial score (nSPS) is 29.2. The molecule has 2 aliphatic rings. The number of thiophene rings is 1. The Hall–Kier alpha value is -2.51. The summed E-state index contributed by atoms with van der Waals surface area (Å²) in [5.74, 6) is -2.61. The largest absolute Gasteiger partial charge is 0.465 e. The molecular formula is C21H22N2O4S. The minimum Gasteiger partial charge on any atom is -0.465 e. The number of carbonyl (C=O) groups excluding carboxylic acids is 3. The second-order valence-corrected chi connectivity index (χ2v) is 8.39. The molecule has 0 bridgehead atoms. The van der Waals surface area contributed by atoms with E-state index in [1.165, 1.54) is 16.2 Å². The van der Waals surface area contributed by atoms with Crippen LogP contribution in [-0.4, -0.2) is 29.9 Å². The second kappa shape index (κ2) is 6.83. The predicted molar refractivity (Wildman–Crippen MR) is 106 cm³/mol. The number of aryl methyl sites for hydroxylation is 1. The quantitative estimate of drug-likeness (QED) is 0.633. The van der Waals surface area contributed by atoms with Crippen molar-refractivity contribution >= 4 is 34.8 Å². The molecule has 2 amide bonds. The molecule has 146 valence electrons. The Bertz CT molecular complexity index is 924. The van der Waals surface area contributed by atoms with E-state index < -0.39 is 29.4 Å². The molecule has 4 atom stereocenters. The average Bonchev–Trinajstić information content (AvgIpc) is 3.35. The van der Waals surface area contributed by atoms with Gasteiger partial charge >= 0.3 is 5.97 Å². The van der Waals surface area contributed by atoms with Crippen LogP contribution in [0.25, 0.3) is 0 Å². The number of benzene rings is 1. The van der Waals surface area contributed by atoms with Crippen LogP contribution in [0.15, 0.2) is 41.8 Å². The Balaban J connectivity index is 1.80. The lowest BCUT2D eigenvalue weighted by molar-refractivity contribution is -0.153. The Kier molecular flexibility index (Phi) is 4.59. The highest BCUT2D eigenvalue weighted by atomic mass is 32.1. The highest BCUT2D eigenvalue weighted by Gasteiger charge is 2.67. The third kappa shape index (κ3) is 2.69. The van der Waals surface area contributed by atoms with E-state index in [1.54, 1.807) is 26.0 Å². The van der Waals surface area contributed by atoms with Crippen molar-refractivity contribution in [2.75, 3.05) is 11.5 Å². The van der Waals surface area contributed by atoms with Gasteiger partial charge in [0.25, 0.3) is 0 Å². The summed E-state index contributed by atoms with van der Waals surface area (Å²) >= 11 is 1.50. The highest BCUT2D eigenvalue weighted by molar-refractivity contribution is 7.10. The summed E-state index contributed by atoms with van der Waals surface area (Å²) in [4.78, 5) is 41.7. The van der Waals surface area contributed by atoms with Crippen LogP contribution >= 0.6 is 11.3 Å². The molecule has 0 saturated carbocycles. The number of rotatable bonds is 4. The van der Waals surface area contributed by atoms with E-state index in [2.05, 4.69) is 5.32 Å². The molecular weight excluding hydrogens is 376 g/mol. The lowest BCUT2D eigenvalue weighted by Gasteiger charge is -2.29. The van der Waals surface area contributed by atoms with Gasteiger partial charge in [0, 0.05) is 4.88 Å². The number of esters is 1. The van der Waals surface area contributed by atoms with E-state index in [9.17, 15) is 14.4 Å². The number of nitrogens with one attached hydrogen (secondary N) is 1. The number of hydrogen-bond donors (Lipinski definition) is 1. The standard InChI is InChI=1S/C21H22N2O4S/c1-4-27-20(26)21(3)16-15(17(22-21)14-6-5-11-28-14)18(24)23(19(16)25)13-9-7-12(2)8-10-13/h5-11,15-17,22H,4H2,1-3H3/t15-,16-,17-,21+/m0/s1. The van der Waals surface area contributed by atoms with Gasteiger partial charge in [0.1, 0.15) is 5.54 Å². The van der Waals surface area contributed by atoms with Crippen LogP contribution in [0, 0.1) is 18.8 Å².